The van der Waals surface area contributed by atoms with E-state index >= 15 is 0 Å². The maximum atomic E-state index is 12.4. The van der Waals surface area contributed by atoms with Gasteiger partial charge in [0, 0.05) is 11.9 Å². The molecule has 0 aliphatic rings. The molecule has 1 aromatic carbocycles. The van der Waals surface area contributed by atoms with E-state index in [9.17, 15) is 8.42 Å². The van der Waals surface area contributed by atoms with Crippen molar-refractivity contribution in [3.05, 3.63) is 57.0 Å². The first kappa shape index (κ1) is 16.4. The van der Waals surface area contributed by atoms with Gasteiger partial charge in [0.05, 0.1) is 10.0 Å². The predicted octanol–water partition coefficient (Wildman–Crippen LogP) is 4.24. The largest absolute Gasteiger partial charge is 0.316 e. The summed E-state index contributed by atoms with van der Waals surface area (Å²) in [5.74, 6) is 0. The van der Waals surface area contributed by atoms with Crippen molar-refractivity contribution in [2.45, 2.75) is 17.7 Å². The summed E-state index contributed by atoms with van der Waals surface area (Å²) in [6.45, 7) is 2.60. The SMILES string of the molecule is CCn1c(-c2ccccc2)csc1=NS(=O)(=O)c1ccc(Cl)s1. The number of thiophene rings is 1. The van der Waals surface area contributed by atoms with Crippen LogP contribution in [0.25, 0.3) is 11.3 Å². The Morgan fingerprint density at radius 3 is 2.52 bits per heavy atom. The topological polar surface area (TPSA) is 51.4 Å². The summed E-state index contributed by atoms with van der Waals surface area (Å²) in [4.78, 5) is 0.455. The lowest BCUT2D eigenvalue weighted by Crippen LogP contribution is -2.17. The second kappa shape index (κ2) is 6.60. The lowest BCUT2D eigenvalue weighted by molar-refractivity contribution is 0.597. The number of aromatic nitrogens is 1. The fraction of sp³-hybridized carbons (Fsp3) is 0.133. The minimum absolute atomic E-state index is 0.153. The zero-order valence-corrected chi connectivity index (χ0v) is 15.3. The summed E-state index contributed by atoms with van der Waals surface area (Å²) < 4.78 is 31.3. The van der Waals surface area contributed by atoms with Crippen LogP contribution in [0.1, 0.15) is 6.92 Å². The fourth-order valence-electron chi connectivity index (χ4n) is 2.13. The molecule has 0 saturated heterocycles. The van der Waals surface area contributed by atoms with E-state index in [0.29, 0.717) is 15.7 Å². The molecule has 0 amide bonds. The number of thiazole rings is 1. The van der Waals surface area contributed by atoms with Crippen LogP contribution < -0.4 is 4.80 Å². The number of sulfonamides is 1. The van der Waals surface area contributed by atoms with Crippen molar-refractivity contribution in [3.8, 4) is 11.3 Å². The highest BCUT2D eigenvalue weighted by atomic mass is 35.5. The van der Waals surface area contributed by atoms with Crippen molar-refractivity contribution >= 4 is 44.3 Å². The lowest BCUT2D eigenvalue weighted by atomic mass is 10.2. The molecule has 8 heteroatoms. The third-order valence-electron chi connectivity index (χ3n) is 3.18. The number of nitrogens with zero attached hydrogens (tertiary/aromatic N) is 2. The molecule has 3 rings (SSSR count). The zero-order valence-electron chi connectivity index (χ0n) is 12.1. The lowest BCUT2D eigenvalue weighted by Gasteiger charge is -2.05. The highest BCUT2D eigenvalue weighted by molar-refractivity contribution is 7.92. The second-order valence-corrected chi connectivity index (χ2v) is 9.02. The zero-order chi connectivity index (χ0) is 16.4. The standard InChI is InChI=1S/C15H13ClN2O2S3/c1-2-18-12(11-6-4-3-5-7-11)10-21-15(18)17-23(19,20)14-9-8-13(16)22-14/h3-10H,2H2,1H3. The van der Waals surface area contributed by atoms with Crippen molar-refractivity contribution in [2.24, 2.45) is 4.40 Å². The monoisotopic (exact) mass is 384 g/mol. The van der Waals surface area contributed by atoms with Crippen LogP contribution in [0.15, 0.2) is 56.5 Å². The van der Waals surface area contributed by atoms with Gasteiger partial charge in [0.2, 0.25) is 4.80 Å². The first-order chi connectivity index (χ1) is 11.0. The Bertz CT molecular complexity index is 985. The molecule has 0 fully saturated rings. The number of rotatable bonds is 4. The molecular formula is C15H13ClN2O2S3. The Morgan fingerprint density at radius 2 is 1.91 bits per heavy atom. The molecule has 0 aliphatic carbocycles. The van der Waals surface area contributed by atoms with Gasteiger partial charge >= 0.3 is 0 Å². The Hall–Kier alpha value is -1.41. The number of benzene rings is 1. The van der Waals surface area contributed by atoms with Gasteiger partial charge in [-0.2, -0.15) is 8.42 Å². The van der Waals surface area contributed by atoms with E-state index in [1.165, 1.54) is 17.4 Å². The second-order valence-electron chi connectivity index (χ2n) is 4.64. The van der Waals surface area contributed by atoms with Gasteiger partial charge in [-0.05, 0) is 24.6 Å². The van der Waals surface area contributed by atoms with Gasteiger partial charge in [-0.15, -0.1) is 27.1 Å². The fourth-order valence-corrected chi connectivity index (χ4v) is 5.78. The summed E-state index contributed by atoms with van der Waals surface area (Å²) in [7, 11) is -3.75. The Morgan fingerprint density at radius 1 is 1.17 bits per heavy atom. The van der Waals surface area contributed by atoms with Crippen LogP contribution in [-0.4, -0.2) is 13.0 Å². The average molecular weight is 385 g/mol. The molecule has 0 aliphatic heterocycles. The van der Waals surface area contributed by atoms with Gasteiger partial charge in [0.25, 0.3) is 10.0 Å². The summed E-state index contributed by atoms with van der Waals surface area (Å²) in [6.07, 6.45) is 0. The molecule has 4 nitrogen and oxygen atoms in total. The highest BCUT2D eigenvalue weighted by Crippen LogP contribution is 2.27. The van der Waals surface area contributed by atoms with E-state index in [-0.39, 0.29) is 4.21 Å². The molecule has 0 saturated carbocycles. The van der Waals surface area contributed by atoms with Crippen molar-refractivity contribution in [1.82, 2.24) is 4.57 Å². The van der Waals surface area contributed by atoms with Crippen LogP contribution in [0.4, 0.5) is 0 Å². The molecule has 2 aromatic heterocycles. The van der Waals surface area contributed by atoms with E-state index in [2.05, 4.69) is 4.40 Å². The molecule has 0 atom stereocenters. The van der Waals surface area contributed by atoms with Gasteiger partial charge in [-0.3, -0.25) is 0 Å². The van der Waals surface area contributed by atoms with Crippen LogP contribution in [0, 0.1) is 0 Å². The molecule has 0 unspecified atom stereocenters. The summed E-state index contributed by atoms with van der Waals surface area (Å²) in [5.41, 5.74) is 1.99. The molecule has 0 N–H and O–H groups in total. The molecule has 23 heavy (non-hydrogen) atoms. The van der Waals surface area contributed by atoms with E-state index in [1.807, 2.05) is 47.2 Å². The summed E-state index contributed by atoms with van der Waals surface area (Å²) >= 11 is 8.14. The molecule has 120 valence electrons. The van der Waals surface area contributed by atoms with E-state index in [1.54, 1.807) is 6.07 Å². The van der Waals surface area contributed by atoms with Crippen molar-refractivity contribution < 1.29 is 8.42 Å². The molecule has 0 bridgehead atoms. The maximum Gasteiger partial charge on any atom is 0.294 e. The number of hydrogen-bond acceptors (Lipinski definition) is 4. The van der Waals surface area contributed by atoms with E-state index in [4.69, 9.17) is 11.6 Å². The number of hydrogen-bond donors (Lipinski definition) is 0. The highest BCUT2D eigenvalue weighted by Gasteiger charge is 2.17. The quantitative estimate of drug-likeness (QED) is 0.675. The first-order valence-electron chi connectivity index (χ1n) is 6.81. The van der Waals surface area contributed by atoms with Gasteiger partial charge in [-0.25, -0.2) is 0 Å². The molecule has 0 radical (unpaired) electrons. The van der Waals surface area contributed by atoms with Crippen molar-refractivity contribution in [3.63, 3.8) is 0 Å². The molecule has 0 spiro atoms. The normalized spacial score (nSPS) is 12.7. The van der Waals surface area contributed by atoms with E-state index < -0.39 is 10.0 Å². The van der Waals surface area contributed by atoms with Crippen molar-refractivity contribution in [1.29, 1.82) is 0 Å². The molecular weight excluding hydrogens is 372 g/mol. The van der Waals surface area contributed by atoms with Gasteiger partial charge < -0.3 is 4.57 Å². The van der Waals surface area contributed by atoms with Gasteiger partial charge in [0.1, 0.15) is 4.21 Å². The Labute approximate surface area is 147 Å². The molecule has 3 aromatic rings. The smallest absolute Gasteiger partial charge is 0.294 e. The maximum absolute atomic E-state index is 12.4. The van der Waals surface area contributed by atoms with Crippen LogP contribution in [0.2, 0.25) is 4.34 Å². The average Bonchev–Trinajstić information content (AvgIpc) is 3.14. The summed E-state index contributed by atoms with van der Waals surface area (Å²) in [5, 5.41) is 1.93. The predicted molar refractivity (Wildman–Crippen MR) is 95.5 cm³/mol. The third-order valence-corrected chi connectivity index (χ3v) is 7.13. The Balaban J connectivity index is 2.12. The minimum Gasteiger partial charge on any atom is -0.316 e. The summed E-state index contributed by atoms with van der Waals surface area (Å²) in [6, 6.07) is 12.9. The van der Waals surface area contributed by atoms with Gasteiger partial charge in [-0.1, -0.05) is 41.9 Å². The van der Waals surface area contributed by atoms with E-state index in [0.717, 1.165) is 22.6 Å². The third kappa shape index (κ3) is 3.42. The number of halogens is 1. The van der Waals surface area contributed by atoms with Crippen LogP contribution >= 0.6 is 34.3 Å². The molecule has 2 heterocycles. The minimum atomic E-state index is -3.75. The van der Waals surface area contributed by atoms with Crippen LogP contribution in [0.5, 0.6) is 0 Å². The first-order valence-corrected chi connectivity index (χ1v) is 10.3. The van der Waals surface area contributed by atoms with Crippen LogP contribution in [0.3, 0.4) is 0 Å². The Kier molecular flexibility index (Phi) is 4.72. The van der Waals surface area contributed by atoms with Crippen LogP contribution in [-0.2, 0) is 16.6 Å². The van der Waals surface area contributed by atoms with Crippen molar-refractivity contribution in [2.75, 3.05) is 0 Å². The van der Waals surface area contributed by atoms with Gasteiger partial charge in [0.15, 0.2) is 0 Å².